The van der Waals surface area contributed by atoms with Crippen molar-refractivity contribution in [1.29, 1.82) is 0 Å². The number of nitrogens with zero attached hydrogens (tertiary/aromatic N) is 2. The molecule has 0 aliphatic carbocycles. The summed E-state index contributed by atoms with van der Waals surface area (Å²) in [5.41, 5.74) is -0.329. The van der Waals surface area contributed by atoms with Crippen molar-refractivity contribution >= 4 is 34.6 Å². The number of rotatable bonds is 9. The number of anilines is 2. The molecule has 0 saturated carbocycles. The summed E-state index contributed by atoms with van der Waals surface area (Å²) < 4.78 is 0. The minimum absolute atomic E-state index is 0.0638. The zero-order valence-corrected chi connectivity index (χ0v) is 16.4. The average Bonchev–Trinajstić information content (AvgIpc) is 2.72. The predicted octanol–water partition coefficient (Wildman–Crippen LogP) is 2.84. The average molecular weight is 415 g/mol. The summed E-state index contributed by atoms with van der Waals surface area (Å²) in [6, 6.07) is 11.0. The van der Waals surface area contributed by atoms with E-state index in [4.69, 9.17) is 0 Å². The fraction of sp³-hybridized carbons (Fsp3) is 0.263. The van der Waals surface area contributed by atoms with Crippen LogP contribution in [0.25, 0.3) is 0 Å². The highest BCUT2D eigenvalue weighted by atomic mass is 16.6. The highest BCUT2D eigenvalue weighted by Gasteiger charge is 2.31. The number of benzene rings is 2. The summed E-state index contributed by atoms with van der Waals surface area (Å²) in [5.74, 6) is -0.923. The Morgan fingerprint density at radius 2 is 1.37 bits per heavy atom. The maximum Gasteiger partial charge on any atom is 0.269 e. The van der Waals surface area contributed by atoms with E-state index in [0.29, 0.717) is 17.8 Å². The summed E-state index contributed by atoms with van der Waals surface area (Å²) in [5, 5.41) is 29.5. The van der Waals surface area contributed by atoms with Gasteiger partial charge < -0.3 is 16.0 Å². The van der Waals surface area contributed by atoms with Crippen LogP contribution in [0.1, 0.15) is 20.3 Å². The molecule has 0 saturated heterocycles. The van der Waals surface area contributed by atoms with Crippen molar-refractivity contribution in [3.63, 3.8) is 0 Å². The van der Waals surface area contributed by atoms with E-state index in [1.165, 1.54) is 48.5 Å². The van der Waals surface area contributed by atoms with Gasteiger partial charge in [-0.3, -0.25) is 29.8 Å². The Morgan fingerprint density at radius 1 is 0.900 bits per heavy atom. The third-order valence-electron chi connectivity index (χ3n) is 4.48. The van der Waals surface area contributed by atoms with E-state index >= 15 is 0 Å². The van der Waals surface area contributed by atoms with E-state index in [-0.39, 0.29) is 17.9 Å². The van der Waals surface area contributed by atoms with Gasteiger partial charge >= 0.3 is 0 Å². The van der Waals surface area contributed by atoms with Gasteiger partial charge in [0.2, 0.25) is 11.8 Å². The van der Waals surface area contributed by atoms with Crippen LogP contribution in [0.15, 0.2) is 48.5 Å². The van der Waals surface area contributed by atoms with Crippen LogP contribution in [0.2, 0.25) is 0 Å². The van der Waals surface area contributed by atoms with Crippen molar-refractivity contribution in [2.24, 2.45) is 0 Å². The molecule has 1 unspecified atom stereocenters. The van der Waals surface area contributed by atoms with E-state index in [1.807, 2.05) is 0 Å². The van der Waals surface area contributed by atoms with Gasteiger partial charge in [-0.15, -0.1) is 0 Å². The Balaban J connectivity index is 1.93. The van der Waals surface area contributed by atoms with Gasteiger partial charge in [-0.2, -0.15) is 0 Å². The number of carbonyl (C=O) groups excluding carboxylic acids is 2. The topological polar surface area (TPSA) is 157 Å². The number of amides is 2. The van der Waals surface area contributed by atoms with Gasteiger partial charge in [0.25, 0.3) is 11.4 Å². The first-order valence-electron chi connectivity index (χ1n) is 9.00. The van der Waals surface area contributed by atoms with Crippen LogP contribution >= 0.6 is 0 Å². The first kappa shape index (κ1) is 22.3. The van der Waals surface area contributed by atoms with Crippen molar-refractivity contribution in [2.45, 2.75) is 25.8 Å². The van der Waals surface area contributed by atoms with E-state index in [2.05, 4.69) is 16.0 Å². The fourth-order valence-corrected chi connectivity index (χ4v) is 2.52. The lowest BCUT2D eigenvalue weighted by molar-refractivity contribution is -0.385. The Morgan fingerprint density at radius 3 is 1.80 bits per heavy atom. The van der Waals surface area contributed by atoms with Crippen molar-refractivity contribution in [3.8, 4) is 0 Å². The second-order valence-electron chi connectivity index (χ2n) is 6.65. The molecule has 0 bridgehead atoms. The molecule has 0 heterocycles. The molecule has 0 aliphatic heterocycles. The van der Waals surface area contributed by atoms with Gasteiger partial charge in [0.1, 0.15) is 5.54 Å². The summed E-state index contributed by atoms with van der Waals surface area (Å²) in [6.45, 7) is 3.14. The molecule has 11 nitrogen and oxygen atoms in total. The minimum Gasteiger partial charge on any atom is -0.371 e. The number of hydrogen-bond donors (Lipinski definition) is 3. The molecule has 0 spiro atoms. The Labute approximate surface area is 171 Å². The normalized spacial score (nSPS) is 12.3. The van der Waals surface area contributed by atoms with Crippen LogP contribution in [0.3, 0.4) is 0 Å². The highest BCUT2D eigenvalue weighted by molar-refractivity contribution is 5.97. The second-order valence-corrected chi connectivity index (χ2v) is 6.65. The number of nitro benzene ring substituents is 2. The number of carbonyl (C=O) groups is 2. The number of nitrogens with one attached hydrogen (secondary N) is 3. The van der Waals surface area contributed by atoms with Gasteiger partial charge in [-0.1, -0.05) is 6.92 Å². The summed E-state index contributed by atoms with van der Waals surface area (Å²) >= 11 is 0. The Kier molecular flexibility index (Phi) is 7.02. The summed E-state index contributed by atoms with van der Waals surface area (Å²) in [4.78, 5) is 45.0. The number of nitro groups is 2. The second kappa shape index (κ2) is 9.45. The minimum atomic E-state index is -1.05. The SMILES string of the molecule is CCC(C)(Nc1ccc([N+](=O)[O-])cc1)C(=O)NCC(=O)Nc1ccc([N+](=O)[O-])cc1. The first-order chi connectivity index (χ1) is 14.1. The van der Waals surface area contributed by atoms with Crippen molar-refractivity contribution in [3.05, 3.63) is 68.8 Å². The van der Waals surface area contributed by atoms with E-state index in [9.17, 15) is 29.8 Å². The maximum absolute atomic E-state index is 12.6. The van der Waals surface area contributed by atoms with Crippen LogP contribution in [-0.2, 0) is 9.59 Å². The molecule has 2 amide bonds. The molecule has 0 fully saturated rings. The highest BCUT2D eigenvalue weighted by Crippen LogP contribution is 2.21. The van der Waals surface area contributed by atoms with Crippen molar-refractivity contribution in [2.75, 3.05) is 17.2 Å². The fourth-order valence-electron chi connectivity index (χ4n) is 2.52. The molecule has 1 atom stereocenters. The van der Waals surface area contributed by atoms with Crippen molar-refractivity contribution in [1.82, 2.24) is 5.32 Å². The molecule has 3 N–H and O–H groups in total. The van der Waals surface area contributed by atoms with Crippen LogP contribution in [0.5, 0.6) is 0 Å². The molecule has 2 aromatic rings. The number of non-ortho nitro benzene ring substituents is 2. The molecule has 0 radical (unpaired) electrons. The Bertz CT molecular complexity index is 945. The predicted molar refractivity (Wildman–Crippen MR) is 110 cm³/mol. The van der Waals surface area contributed by atoms with Crippen molar-refractivity contribution < 1.29 is 19.4 Å². The molecule has 0 aromatic heterocycles. The van der Waals surface area contributed by atoms with Gasteiger partial charge in [-0.25, -0.2) is 0 Å². The van der Waals surface area contributed by atoms with Crippen LogP contribution < -0.4 is 16.0 Å². The van der Waals surface area contributed by atoms with Gasteiger partial charge in [0.05, 0.1) is 16.4 Å². The molecule has 0 aliphatic rings. The lowest BCUT2D eigenvalue weighted by Crippen LogP contribution is -2.51. The zero-order chi connectivity index (χ0) is 22.3. The summed E-state index contributed by atoms with van der Waals surface area (Å²) in [6.07, 6.45) is 0.389. The van der Waals surface area contributed by atoms with Crippen LogP contribution in [0, 0.1) is 20.2 Å². The molecule has 158 valence electrons. The molecule has 30 heavy (non-hydrogen) atoms. The molecular weight excluding hydrogens is 394 g/mol. The zero-order valence-electron chi connectivity index (χ0n) is 16.4. The number of hydrogen-bond acceptors (Lipinski definition) is 7. The monoisotopic (exact) mass is 415 g/mol. The Hall–Kier alpha value is -4.02. The summed E-state index contributed by atoms with van der Waals surface area (Å²) in [7, 11) is 0. The van der Waals surface area contributed by atoms with Gasteiger partial charge in [-0.05, 0) is 37.6 Å². The molecule has 2 rings (SSSR count). The third kappa shape index (κ3) is 5.74. The van der Waals surface area contributed by atoms with Gasteiger partial charge in [0, 0.05) is 35.6 Å². The van der Waals surface area contributed by atoms with Crippen LogP contribution in [0.4, 0.5) is 22.7 Å². The molecular formula is C19H21N5O6. The van der Waals surface area contributed by atoms with E-state index in [0.717, 1.165) is 0 Å². The third-order valence-corrected chi connectivity index (χ3v) is 4.48. The quantitative estimate of drug-likeness (QED) is 0.420. The lowest BCUT2D eigenvalue weighted by atomic mass is 9.97. The first-order valence-corrected chi connectivity index (χ1v) is 9.00. The van der Waals surface area contributed by atoms with E-state index < -0.39 is 27.2 Å². The smallest absolute Gasteiger partial charge is 0.269 e. The lowest BCUT2D eigenvalue weighted by Gasteiger charge is -2.29. The molecule has 11 heteroatoms. The van der Waals surface area contributed by atoms with Gasteiger partial charge in [0.15, 0.2) is 0 Å². The largest absolute Gasteiger partial charge is 0.371 e. The standard InChI is InChI=1S/C19H21N5O6/c1-3-19(2,22-14-6-10-16(11-7-14)24(29)30)18(26)20-12-17(25)21-13-4-8-15(9-5-13)23(27)28/h4-11,22H,3,12H2,1-2H3,(H,20,26)(H,21,25). The van der Waals surface area contributed by atoms with E-state index in [1.54, 1.807) is 13.8 Å². The maximum atomic E-state index is 12.6. The van der Waals surface area contributed by atoms with Crippen LogP contribution in [-0.4, -0.2) is 33.7 Å². The molecule has 2 aromatic carbocycles.